The van der Waals surface area contributed by atoms with E-state index >= 15 is 0 Å². The lowest BCUT2D eigenvalue weighted by Gasteiger charge is -2.18. The summed E-state index contributed by atoms with van der Waals surface area (Å²) in [5, 5.41) is 8.48. The van der Waals surface area contributed by atoms with E-state index in [1.54, 1.807) is 0 Å². The molecule has 1 aliphatic heterocycles. The van der Waals surface area contributed by atoms with Gasteiger partial charge in [-0.25, -0.2) is 0 Å². The molecule has 0 atom stereocenters. The number of fused-ring (bicyclic) bond motifs is 1. The van der Waals surface area contributed by atoms with Crippen molar-refractivity contribution in [2.24, 2.45) is 0 Å². The first-order valence-corrected chi connectivity index (χ1v) is 5.09. The van der Waals surface area contributed by atoms with Crippen LogP contribution in [-0.2, 0) is 23.1 Å². The minimum atomic E-state index is 0.0651. The van der Waals surface area contributed by atoms with E-state index in [4.69, 9.17) is 4.74 Å². The van der Waals surface area contributed by atoms with Gasteiger partial charge in [-0.3, -0.25) is 0 Å². The maximum atomic E-state index is 5.41. The molecule has 0 radical (unpaired) electrons. The monoisotopic (exact) mass is 195 g/mol. The van der Waals surface area contributed by atoms with E-state index in [0.717, 1.165) is 37.8 Å². The Morgan fingerprint density at radius 3 is 2.71 bits per heavy atom. The van der Waals surface area contributed by atoms with Gasteiger partial charge >= 0.3 is 0 Å². The van der Waals surface area contributed by atoms with Crippen molar-refractivity contribution >= 4 is 0 Å². The van der Waals surface area contributed by atoms with Crippen LogP contribution in [0.25, 0.3) is 0 Å². The third kappa shape index (κ3) is 1.66. The van der Waals surface area contributed by atoms with E-state index in [1.807, 2.05) is 0 Å². The van der Waals surface area contributed by atoms with E-state index in [-0.39, 0.29) is 5.41 Å². The van der Waals surface area contributed by atoms with Gasteiger partial charge in [0.1, 0.15) is 11.6 Å². The number of nitrogens with zero attached hydrogens (tertiary/aromatic N) is 3. The molecule has 0 aromatic carbocycles. The van der Waals surface area contributed by atoms with Gasteiger partial charge in [-0.1, -0.05) is 20.8 Å². The van der Waals surface area contributed by atoms with Crippen molar-refractivity contribution in [2.75, 3.05) is 13.2 Å². The Labute approximate surface area is 84.3 Å². The zero-order chi connectivity index (χ0) is 10.2. The zero-order valence-corrected chi connectivity index (χ0v) is 9.08. The molecule has 0 unspecified atom stereocenters. The highest BCUT2D eigenvalue weighted by molar-refractivity contribution is 5.06. The molecule has 1 aromatic rings. The normalized spacial score (nSPS) is 17.6. The third-order valence-corrected chi connectivity index (χ3v) is 2.43. The Morgan fingerprint density at radius 1 is 1.21 bits per heavy atom. The summed E-state index contributed by atoms with van der Waals surface area (Å²) in [7, 11) is 0. The SMILES string of the molecule is CC(C)(C)c1nnc2n1CCOCC2. The second kappa shape index (κ2) is 3.35. The molecular weight excluding hydrogens is 178 g/mol. The summed E-state index contributed by atoms with van der Waals surface area (Å²) in [5.74, 6) is 2.13. The van der Waals surface area contributed by atoms with E-state index in [1.165, 1.54) is 0 Å². The van der Waals surface area contributed by atoms with Gasteiger partial charge in [-0.05, 0) is 0 Å². The summed E-state index contributed by atoms with van der Waals surface area (Å²) in [5.41, 5.74) is 0.0651. The summed E-state index contributed by atoms with van der Waals surface area (Å²) in [4.78, 5) is 0. The topological polar surface area (TPSA) is 39.9 Å². The highest BCUT2D eigenvalue weighted by Crippen LogP contribution is 2.21. The average Bonchev–Trinajstić information content (AvgIpc) is 2.36. The van der Waals surface area contributed by atoms with E-state index in [2.05, 4.69) is 35.5 Å². The molecule has 0 spiro atoms. The fourth-order valence-electron chi connectivity index (χ4n) is 1.73. The summed E-state index contributed by atoms with van der Waals surface area (Å²) in [6.45, 7) is 8.91. The molecule has 78 valence electrons. The van der Waals surface area contributed by atoms with Crippen LogP contribution >= 0.6 is 0 Å². The summed E-state index contributed by atoms with van der Waals surface area (Å²) >= 11 is 0. The number of aromatic nitrogens is 3. The van der Waals surface area contributed by atoms with Crippen molar-refractivity contribution in [3.8, 4) is 0 Å². The predicted molar refractivity (Wildman–Crippen MR) is 53.2 cm³/mol. The van der Waals surface area contributed by atoms with Gasteiger partial charge in [0.2, 0.25) is 0 Å². The second-order valence-corrected chi connectivity index (χ2v) is 4.70. The fourth-order valence-corrected chi connectivity index (χ4v) is 1.73. The Bertz CT molecular complexity index is 325. The summed E-state index contributed by atoms with van der Waals surface area (Å²) in [6, 6.07) is 0. The largest absolute Gasteiger partial charge is 0.379 e. The third-order valence-electron chi connectivity index (χ3n) is 2.43. The van der Waals surface area contributed by atoms with Crippen molar-refractivity contribution in [1.82, 2.24) is 14.8 Å². The Morgan fingerprint density at radius 2 is 2.00 bits per heavy atom. The van der Waals surface area contributed by atoms with Gasteiger partial charge in [0.05, 0.1) is 13.2 Å². The van der Waals surface area contributed by atoms with E-state index in [0.29, 0.717) is 0 Å². The molecule has 0 aliphatic carbocycles. The van der Waals surface area contributed by atoms with Crippen molar-refractivity contribution in [3.05, 3.63) is 11.6 Å². The van der Waals surface area contributed by atoms with Gasteiger partial charge in [-0.2, -0.15) is 0 Å². The first-order chi connectivity index (χ1) is 6.59. The molecule has 0 saturated heterocycles. The van der Waals surface area contributed by atoms with E-state index in [9.17, 15) is 0 Å². The molecule has 1 aromatic heterocycles. The van der Waals surface area contributed by atoms with Gasteiger partial charge in [-0.15, -0.1) is 10.2 Å². The van der Waals surface area contributed by atoms with Crippen LogP contribution in [0.4, 0.5) is 0 Å². The van der Waals surface area contributed by atoms with Gasteiger partial charge < -0.3 is 9.30 Å². The summed E-state index contributed by atoms with van der Waals surface area (Å²) in [6.07, 6.45) is 0.878. The Kier molecular flexibility index (Phi) is 2.31. The van der Waals surface area contributed by atoms with Crippen LogP contribution < -0.4 is 0 Å². The number of ether oxygens (including phenoxy) is 1. The van der Waals surface area contributed by atoms with Crippen LogP contribution in [0, 0.1) is 0 Å². The fraction of sp³-hybridized carbons (Fsp3) is 0.800. The lowest BCUT2D eigenvalue weighted by Crippen LogP contribution is -2.20. The quantitative estimate of drug-likeness (QED) is 0.623. The molecule has 0 amide bonds. The van der Waals surface area contributed by atoms with Gasteiger partial charge in [0, 0.05) is 18.4 Å². The standard InChI is InChI=1S/C10H17N3O/c1-10(2,3)9-12-11-8-4-6-14-7-5-13(8)9/h4-7H2,1-3H3. The van der Waals surface area contributed by atoms with Crippen LogP contribution in [0.3, 0.4) is 0 Å². The molecule has 2 heterocycles. The minimum Gasteiger partial charge on any atom is -0.379 e. The maximum Gasteiger partial charge on any atom is 0.138 e. The number of hydrogen-bond acceptors (Lipinski definition) is 3. The lowest BCUT2D eigenvalue weighted by molar-refractivity contribution is 0.139. The summed E-state index contributed by atoms with van der Waals surface area (Å²) < 4.78 is 7.62. The molecule has 4 heteroatoms. The molecule has 1 aliphatic rings. The molecule has 0 fully saturated rings. The minimum absolute atomic E-state index is 0.0651. The van der Waals surface area contributed by atoms with Crippen LogP contribution in [0.5, 0.6) is 0 Å². The van der Waals surface area contributed by atoms with Crippen LogP contribution in [0.2, 0.25) is 0 Å². The first-order valence-electron chi connectivity index (χ1n) is 5.09. The van der Waals surface area contributed by atoms with Crippen LogP contribution in [-0.4, -0.2) is 28.0 Å². The predicted octanol–water partition coefficient (Wildman–Crippen LogP) is 1.15. The number of rotatable bonds is 0. The molecule has 0 saturated carbocycles. The highest BCUT2D eigenvalue weighted by atomic mass is 16.5. The molecule has 0 N–H and O–H groups in total. The van der Waals surface area contributed by atoms with Crippen LogP contribution in [0.1, 0.15) is 32.4 Å². The second-order valence-electron chi connectivity index (χ2n) is 4.70. The average molecular weight is 195 g/mol. The molecule has 4 nitrogen and oxygen atoms in total. The smallest absolute Gasteiger partial charge is 0.138 e. The van der Waals surface area contributed by atoms with Crippen molar-refractivity contribution in [3.63, 3.8) is 0 Å². The lowest BCUT2D eigenvalue weighted by atomic mass is 9.95. The highest BCUT2D eigenvalue weighted by Gasteiger charge is 2.24. The van der Waals surface area contributed by atoms with Crippen molar-refractivity contribution in [1.29, 1.82) is 0 Å². The molecular formula is C10H17N3O. The first kappa shape index (κ1) is 9.65. The maximum absolute atomic E-state index is 5.41. The van der Waals surface area contributed by atoms with Crippen molar-refractivity contribution < 1.29 is 4.74 Å². The molecule has 2 rings (SSSR count). The van der Waals surface area contributed by atoms with Gasteiger partial charge in [0.15, 0.2) is 0 Å². The van der Waals surface area contributed by atoms with Crippen LogP contribution in [0.15, 0.2) is 0 Å². The van der Waals surface area contributed by atoms with Gasteiger partial charge in [0.25, 0.3) is 0 Å². The molecule has 0 bridgehead atoms. The Hall–Kier alpha value is -0.900. The zero-order valence-electron chi connectivity index (χ0n) is 9.08. The number of hydrogen-bond donors (Lipinski definition) is 0. The Balaban J connectivity index is 2.39. The van der Waals surface area contributed by atoms with E-state index < -0.39 is 0 Å². The molecule has 14 heavy (non-hydrogen) atoms. The van der Waals surface area contributed by atoms with Crippen molar-refractivity contribution in [2.45, 2.75) is 39.2 Å².